The fourth-order valence-electron chi connectivity index (χ4n) is 10.5. The molecule has 0 aliphatic rings. The number of hydrogen-bond donors (Lipinski definition) is 5. The first-order valence-corrected chi connectivity index (χ1v) is 30.9. The average Bonchev–Trinajstić information content (AvgIpc) is 0.900. The summed E-state index contributed by atoms with van der Waals surface area (Å²) >= 11 is 0. The SMILES string of the molecule is NCCOCCOCCOCCOCCOCCOCCC(=O)NC(Cc1ccc2ccc3cccc4ccc1c2c34)C(=O)NC(Cc1ccc2ccc3cccc4ccc1c2c34)C(=O)NCCOCCOCCOCCOCCOCCOCCC(N)=O. The molecule has 0 aliphatic carbocycles. The number of hydrogen-bond acceptors (Lipinski definition) is 17. The van der Waals surface area contributed by atoms with Crippen molar-refractivity contribution in [1.29, 1.82) is 0 Å². The Balaban J connectivity index is 0.841. The maximum atomic E-state index is 15.1. The largest absolute Gasteiger partial charge is 0.379 e. The van der Waals surface area contributed by atoms with Crippen LogP contribution in [0.4, 0.5) is 0 Å². The van der Waals surface area contributed by atoms with Gasteiger partial charge in [-0.3, -0.25) is 19.2 Å². The van der Waals surface area contributed by atoms with Crippen LogP contribution in [0.2, 0.25) is 0 Å². The second kappa shape index (κ2) is 38.7. The molecule has 0 aromatic heterocycles. The lowest BCUT2D eigenvalue weighted by Gasteiger charge is -2.25. The van der Waals surface area contributed by atoms with Crippen LogP contribution in [-0.2, 0) is 88.9 Å². The van der Waals surface area contributed by atoms with Gasteiger partial charge in [0, 0.05) is 38.8 Å². The summed E-state index contributed by atoms with van der Waals surface area (Å²) in [4.78, 5) is 54.3. The second-order valence-corrected chi connectivity index (χ2v) is 21.1. The van der Waals surface area contributed by atoms with E-state index in [2.05, 4.69) is 101 Å². The predicted octanol–water partition coefficient (Wildman–Crippen LogP) is 5.78. The molecule has 0 aliphatic heterocycles. The maximum absolute atomic E-state index is 15.1. The van der Waals surface area contributed by atoms with E-state index in [0.29, 0.717) is 139 Å². The minimum Gasteiger partial charge on any atom is -0.379 e. The number of carbonyl (C=O) groups is 4. The van der Waals surface area contributed by atoms with Crippen molar-refractivity contribution in [3.63, 3.8) is 0 Å². The van der Waals surface area contributed by atoms with E-state index in [1.807, 2.05) is 24.3 Å². The topological polar surface area (TPSA) is 267 Å². The zero-order chi connectivity index (χ0) is 62.1. The molecule has 0 radical (unpaired) electrons. The van der Waals surface area contributed by atoms with Crippen molar-refractivity contribution in [2.24, 2.45) is 11.5 Å². The van der Waals surface area contributed by atoms with E-state index in [-0.39, 0.29) is 64.6 Å². The molecule has 0 fully saturated rings. The fourth-order valence-corrected chi connectivity index (χ4v) is 10.5. The Labute approximate surface area is 519 Å². The normalized spacial score (nSPS) is 12.6. The summed E-state index contributed by atoms with van der Waals surface area (Å²) in [5.74, 6) is -1.69. The Morgan fingerprint density at radius 3 is 1.03 bits per heavy atom. The van der Waals surface area contributed by atoms with Gasteiger partial charge in [0.15, 0.2) is 0 Å². The lowest BCUT2D eigenvalue weighted by atomic mass is 9.89. The van der Waals surface area contributed by atoms with Crippen molar-refractivity contribution in [2.75, 3.05) is 172 Å². The Hall–Kier alpha value is -6.80. The van der Waals surface area contributed by atoms with E-state index in [9.17, 15) is 14.4 Å². The molecule has 21 heteroatoms. The standard InChI is InChI=1S/C68H87N5O16/c69-21-25-80-29-33-84-37-41-88-45-43-87-40-36-83-32-28-79-24-20-62(75)72-60(48-56-14-12-54-10-8-50-4-2-6-52-16-18-58(56)66(54)64(50)52)68(77)73-59(47-55-13-11-53-9-7-49-3-1-5-51-15-17-57(55)65(53)63(49)51)67(76)71-22-26-81-30-34-85-38-42-89-46-44-86-39-35-82-31-27-78-23-19-61(70)74/h1-18,59-60H,19-48,69H2,(H2,70,74)(H,71,76)(H,72,75)(H,73,77). The maximum Gasteiger partial charge on any atom is 0.243 e. The van der Waals surface area contributed by atoms with E-state index in [0.717, 1.165) is 75.8 Å². The van der Waals surface area contributed by atoms with Gasteiger partial charge in [0.05, 0.1) is 159 Å². The molecule has 8 aromatic carbocycles. The van der Waals surface area contributed by atoms with Gasteiger partial charge in [-0.25, -0.2) is 0 Å². The molecule has 0 heterocycles. The molecule has 480 valence electrons. The first-order valence-electron chi connectivity index (χ1n) is 30.9. The first kappa shape index (κ1) is 68.1. The zero-order valence-corrected chi connectivity index (χ0v) is 50.9. The van der Waals surface area contributed by atoms with E-state index in [1.54, 1.807) is 0 Å². The van der Waals surface area contributed by atoms with Crippen LogP contribution in [-0.4, -0.2) is 207 Å². The fraction of sp³-hybridized carbons (Fsp3) is 0.471. The molecule has 89 heavy (non-hydrogen) atoms. The van der Waals surface area contributed by atoms with Crippen LogP contribution in [0.3, 0.4) is 0 Å². The molecular formula is C68H87N5O16. The summed E-state index contributed by atoms with van der Waals surface area (Å²) in [7, 11) is 0. The highest BCUT2D eigenvalue weighted by atomic mass is 16.6. The van der Waals surface area contributed by atoms with E-state index < -0.39 is 29.8 Å². The molecular weight excluding hydrogens is 1140 g/mol. The van der Waals surface area contributed by atoms with Gasteiger partial charge in [-0.1, -0.05) is 109 Å². The Kier molecular flexibility index (Phi) is 29.6. The quantitative estimate of drug-likeness (QED) is 0.0224. The van der Waals surface area contributed by atoms with Crippen molar-refractivity contribution >= 4 is 88.3 Å². The summed E-state index contributed by atoms with van der Waals surface area (Å²) in [5, 5.41) is 22.2. The summed E-state index contributed by atoms with van der Waals surface area (Å²) in [6, 6.07) is 35.4. The molecule has 7 N–H and O–H groups in total. The molecule has 8 aromatic rings. The average molecular weight is 1230 g/mol. The number of ether oxygens (including phenoxy) is 12. The predicted molar refractivity (Wildman–Crippen MR) is 342 cm³/mol. The minimum atomic E-state index is -1.07. The number of amides is 4. The summed E-state index contributed by atoms with van der Waals surface area (Å²) in [6.07, 6.45) is 0.484. The van der Waals surface area contributed by atoms with Gasteiger partial charge < -0.3 is 84.3 Å². The summed E-state index contributed by atoms with van der Waals surface area (Å²) < 4.78 is 66.6. The van der Waals surface area contributed by atoms with Gasteiger partial charge in [-0.15, -0.1) is 0 Å². The van der Waals surface area contributed by atoms with Crippen molar-refractivity contribution in [1.82, 2.24) is 16.0 Å². The van der Waals surface area contributed by atoms with Crippen LogP contribution in [0.5, 0.6) is 0 Å². The third kappa shape index (κ3) is 22.0. The molecule has 0 spiro atoms. The monoisotopic (exact) mass is 1230 g/mol. The molecule has 0 saturated heterocycles. The van der Waals surface area contributed by atoms with Crippen LogP contribution in [0.25, 0.3) is 64.6 Å². The molecule has 21 nitrogen and oxygen atoms in total. The summed E-state index contributed by atoms with van der Waals surface area (Å²) in [6.45, 7) is 9.64. The summed E-state index contributed by atoms with van der Waals surface area (Å²) in [5.41, 5.74) is 12.3. The number of benzene rings is 8. The van der Waals surface area contributed by atoms with Crippen LogP contribution in [0, 0.1) is 0 Å². The van der Waals surface area contributed by atoms with Crippen LogP contribution in [0.15, 0.2) is 109 Å². The Morgan fingerprint density at radius 2 is 0.652 bits per heavy atom. The van der Waals surface area contributed by atoms with Crippen molar-refractivity contribution in [3.8, 4) is 0 Å². The molecule has 4 amide bonds. The van der Waals surface area contributed by atoms with Gasteiger partial charge >= 0.3 is 0 Å². The van der Waals surface area contributed by atoms with Crippen LogP contribution in [0.1, 0.15) is 24.0 Å². The number of carbonyl (C=O) groups excluding carboxylic acids is 4. The number of nitrogens with two attached hydrogens (primary N) is 2. The van der Waals surface area contributed by atoms with E-state index >= 15 is 4.79 Å². The van der Waals surface area contributed by atoms with Gasteiger partial charge in [0.1, 0.15) is 12.1 Å². The van der Waals surface area contributed by atoms with Crippen LogP contribution < -0.4 is 27.4 Å². The zero-order valence-electron chi connectivity index (χ0n) is 50.9. The minimum absolute atomic E-state index is 0.0154. The molecule has 0 bridgehead atoms. The van der Waals surface area contributed by atoms with E-state index in [4.69, 9.17) is 68.3 Å². The first-order chi connectivity index (χ1) is 43.8. The van der Waals surface area contributed by atoms with Gasteiger partial charge in [-0.2, -0.15) is 0 Å². The van der Waals surface area contributed by atoms with Gasteiger partial charge in [0.25, 0.3) is 0 Å². The highest BCUT2D eigenvalue weighted by Gasteiger charge is 2.29. The van der Waals surface area contributed by atoms with Crippen LogP contribution >= 0.6 is 0 Å². The Morgan fingerprint density at radius 1 is 0.337 bits per heavy atom. The van der Waals surface area contributed by atoms with Crippen molar-refractivity contribution in [3.05, 3.63) is 120 Å². The highest BCUT2D eigenvalue weighted by Crippen LogP contribution is 2.38. The van der Waals surface area contributed by atoms with E-state index in [1.165, 1.54) is 0 Å². The van der Waals surface area contributed by atoms with Crippen molar-refractivity contribution < 1.29 is 76.0 Å². The lowest BCUT2D eigenvalue weighted by Crippen LogP contribution is -2.55. The molecule has 8 rings (SSSR count). The van der Waals surface area contributed by atoms with Gasteiger partial charge in [0.2, 0.25) is 23.6 Å². The third-order valence-corrected chi connectivity index (χ3v) is 14.9. The third-order valence-electron chi connectivity index (χ3n) is 14.9. The van der Waals surface area contributed by atoms with Gasteiger partial charge in [-0.05, 0) is 75.8 Å². The molecule has 2 unspecified atom stereocenters. The van der Waals surface area contributed by atoms with Crippen molar-refractivity contribution in [2.45, 2.75) is 37.8 Å². The highest BCUT2D eigenvalue weighted by molar-refractivity contribution is 6.24. The number of nitrogens with one attached hydrogen (secondary N) is 3. The number of rotatable bonds is 49. The molecule has 2 atom stereocenters. The Bertz CT molecular complexity index is 3360. The number of primary amides is 1. The second-order valence-electron chi connectivity index (χ2n) is 21.1. The molecule has 0 saturated carbocycles. The smallest absolute Gasteiger partial charge is 0.243 e. The lowest BCUT2D eigenvalue weighted by molar-refractivity contribution is -0.132.